The van der Waals surface area contributed by atoms with Crippen molar-refractivity contribution in [2.24, 2.45) is 5.73 Å². The van der Waals surface area contributed by atoms with Gasteiger partial charge in [0.15, 0.2) is 0 Å². The maximum Gasteiger partial charge on any atom is 0.0947 e. The lowest BCUT2D eigenvalue weighted by Crippen LogP contribution is -2.13. The molecule has 3 rings (SSSR count). The standard InChI is InChI=1S/C15H15N3S/c1-10-9-19-15(18-10)7-14(16)13-4-2-3-11-8-17-6-5-12(11)13/h2-6,8-9,14H,7,16H2,1H3. The molecule has 0 radical (unpaired) electrons. The smallest absolute Gasteiger partial charge is 0.0947 e. The first-order valence-electron chi connectivity index (χ1n) is 6.23. The van der Waals surface area contributed by atoms with Gasteiger partial charge < -0.3 is 5.73 Å². The molecule has 19 heavy (non-hydrogen) atoms. The fourth-order valence-electron chi connectivity index (χ4n) is 2.27. The molecule has 0 fully saturated rings. The van der Waals surface area contributed by atoms with E-state index in [0.29, 0.717) is 0 Å². The maximum atomic E-state index is 6.35. The average Bonchev–Trinajstić information content (AvgIpc) is 2.83. The molecule has 1 unspecified atom stereocenters. The number of pyridine rings is 1. The molecule has 4 heteroatoms. The van der Waals surface area contributed by atoms with Crippen LogP contribution >= 0.6 is 11.3 Å². The van der Waals surface area contributed by atoms with Gasteiger partial charge in [-0.05, 0) is 23.9 Å². The van der Waals surface area contributed by atoms with Crippen molar-refractivity contribution in [2.45, 2.75) is 19.4 Å². The lowest BCUT2D eigenvalue weighted by Gasteiger charge is -2.13. The number of aromatic nitrogens is 2. The molecule has 0 bridgehead atoms. The van der Waals surface area contributed by atoms with E-state index in [1.54, 1.807) is 11.3 Å². The van der Waals surface area contributed by atoms with Gasteiger partial charge in [-0.15, -0.1) is 11.3 Å². The fourth-order valence-corrected chi connectivity index (χ4v) is 3.10. The van der Waals surface area contributed by atoms with Gasteiger partial charge in [-0.1, -0.05) is 18.2 Å². The van der Waals surface area contributed by atoms with Crippen LogP contribution in [-0.2, 0) is 6.42 Å². The van der Waals surface area contributed by atoms with Crippen molar-refractivity contribution in [1.82, 2.24) is 9.97 Å². The molecule has 3 aromatic rings. The maximum absolute atomic E-state index is 6.35. The molecule has 0 aliphatic carbocycles. The summed E-state index contributed by atoms with van der Waals surface area (Å²) >= 11 is 1.67. The van der Waals surface area contributed by atoms with Crippen molar-refractivity contribution >= 4 is 22.1 Å². The minimum Gasteiger partial charge on any atom is -0.324 e. The Kier molecular flexibility index (Phi) is 3.27. The molecule has 2 aromatic heterocycles. The van der Waals surface area contributed by atoms with Crippen LogP contribution in [0.5, 0.6) is 0 Å². The molecular weight excluding hydrogens is 254 g/mol. The number of fused-ring (bicyclic) bond motifs is 1. The minimum absolute atomic E-state index is 0.0309. The molecule has 2 heterocycles. The van der Waals surface area contributed by atoms with Gasteiger partial charge in [0.25, 0.3) is 0 Å². The number of nitrogens with two attached hydrogens (primary N) is 1. The van der Waals surface area contributed by atoms with Crippen LogP contribution < -0.4 is 5.73 Å². The molecule has 0 saturated heterocycles. The Morgan fingerprint density at radius 2 is 2.21 bits per heavy atom. The molecule has 1 aromatic carbocycles. The molecular formula is C15H15N3S. The predicted octanol–water partition coefficient (Wildman–Crippen LogP) is 3.24. The Balaban J connectivity index is 1.95. The summed E-state index contributed by atoms with van der Waals surface area (Å²) in [5.74, 6) is 0. The summed E-state index contributed by atoms with van der Waals surface area (Å²) in [5.41, 5.74) is 8.57. The van der Waals surface area contributed by atoms with Gasteiger partial charge in [0.2, 0.25) is 0 Å². The molecule has 0 aliphatic heterocycles. The first-order valence-corrected chi connectivity index (χ1v) is 7.11. The van der Waals surface area contributed by atoms with E-state index in [-0.39, 0.29) is 6.04 Å². The second kappa shape index (κ2) is 5.07. The number of nitrogens with zero attached hydrogens (tertiary/aromatic N) is 2. The van der Waals surface area contributed by atoms with Crippen LogP contribution in [-0.4, -0.2) is 9.97 Å². The van der Waals surface area contributed by atoms with Gasteiger partial charge in [-0.25, -0.2) is 4.98 Å². The zero-order valence-electron chi connectivity index (χ0n) is 10.7. The first-order chi connectivity index (χ1) is 9.24. The third-order valence-electron chi connectivity index (χ3n) is 3.18. The molecule has 0 aliphatic rings. The third-order valence-corrected chi connectivity index (χ3v) is 4.16. The number of rotatable bonds is 3. The first kappa shape index (κ1) is 12.3. The summed E-state index contributed by atoms with van der Waals surface area (Å²) in [5, 5.41) is 5.47. The summed E-state index contributed by atoms with van der Waals surface area (Å²) in [6, 6.07) is 8.18. The van der Waals surface area contributed by atoms with Crippen LogP contribution in [0.25, 0.3) is 10.8 Å². The van der Waals surface area contributed by atoms with Crippen LogP contribution in [0.2, 0.25) is 0 Å². The highest BCUT2D eigenvalue weighted by molar-refractivity contribution is 7.09. The van der Waals surface area contributed by atoms with E-state index in [1.807, 2.05) is 31.5 Å². The molecule has 2 N–H and O–H groups in total. The van der Waals surface area contributed by atoms with E-state index in [4.69, 9.17) is 5.73 Å². The second-order valence-corrected chi connectivity index (χ2v) is 5.58. The summed E-state index contributed by atoms with van der Waals surface area (Å²) in [7, 11) is 0. The third kappa shape index (κ3) is 2.50. The Morgan fingerprint density at radius 1 is 1.32 bits per heavy atom. The highest BCUT2D eigenvalue weighted by Gasteiger charge is 2.12. The van der Waals surface area contributed by atoms with Crippen LogP contribution in [0, 0.1) is 6.92 Å². The van der Waals surface area contributed by atoms with Crippen LogP contribution in [0.1, 0.15) is 22.3 Å². The monoisotopic (exact) mass is 269 g/mol. The zero-order valence-corrected chi connectivity index (χ0v) is 11.5. The van der Waals surface area contributed by atoms with Crippen molar-refractivity contribution in [1.29, 1.82) is 0 Å². The molecule has 0 spiro atoms. The van der Waals surface area contributed by atoms with Crippen LogP contribution in [0.15, 0.2) is 42.0 Å². The lowest BCUT2D eigenvalue weighted by atomic mass is 9.99. The zero-order chi connectivity index (χ0) is 13.2. The van der Waals surface area contributed by atoms with E-state index in [9.17, 15) is 0 Å². The van der Waals surface area contributed by atoms with E-state index in [2.05, 4.69) is 27.5 Å². The van der Waals surface area contributed by atoms with Gasteiger partial charge in [0, 0.05) is 41.3 Å². The van der Waals surface area contributed by atoms with Gasteiger partial charge in [-0.3, -0.25) is 4.98 Å². The number of benzene rings is 1. The van der Waals surface area contributed by atoms with Gasteiger partial charge in [-0.2, -0.15) is 0 Å². The van der Waals surface area contributed by atoms with E-state index < -0.39 is 0 Å². The van der Waals surface area contributed by atoms with Gasteiger partial charge in [0.05, 0.1) is 5.01 Å². The number of hydrogen-bond acceptors (Lipinski definition) is 4. The summed E-state index contributed by atoms with van der Waals surface area (Å²) < 4.78 is 0. The van der Waals surface area contributed by atoms with Crippen molar-refractivity contribution in [2.75, 3.05) is 0 Å². The normalized spacial score (nSPS) is 12.7. The van der Waals surface area contributed by atoms with Gasteiger partial charge in [0.1, 0.15) is 0 Å². The van der Waals surface area contributed by atoms with E-state index in [0.717, 1.165) is 28.1 Å². The van der Waals surface area contributed by atoms with Crippen LogP contribution in [0.3, 0.4) is 0 Å². The number of hydrogen-bond donors (Lipinski definition) is 1. The summed E-state index contributed by atoms with van der Waals surface area (Å²) in [4.78, 5) is 8.63. The van der Waals surface area contributed by atoms with Crippen LogP contribution in [0.4, 0.5) is 0 Å². The molecule has 96 valence electrons. The summed E-state index contributed by atoms with van der Waals surface area (Å²) in [6.07, 6.45) is 4.46. The van der Waals surface area contributed by atoms with Crippen molar-refractivity contribution < 1.29 is 0 Å². The highest BCUT2D eigenvalue weighted by Crippen LogP contribution is 2.25. The minimum atomic E-state index is -0.0309. The molecule has 1 atom stereocenters. The van der Waals surface area contributed by atoms with Gasteiger partial charge >= 0.3 is 0 Å². The Morgan fingerprint density at radius 3 is 3.00 bits per heavy atom. The Bertz CT molecular complexity index is 700. The SMILES string of the molecule is Cc1csc(CC(N)c2cccc3cnccc23)n1. The fraction of sp³-hybridized carbons (Fsp3) is 0.200. The molecule has 3 nitrogen and oxygen atoms in total. The Hall–Kier alpha value is -1.78. The van der Waals surface area contributed by atoms with E-state index in [1.165, 1.54) is 5.39 Å². The molecule has 0 saturated carbocycles. The molecule has 0 amide bonds. The van der Waals surface area contributed by atoms with Crippen molar-refractivity contribution in [3.8, 4) is 0 Å². The lowest BCUT2D eigenvalue weighted by molar-refractivity contribution is 0.722. The predicted molar refractivity (Wildman–Crippen MR) is 79.2 cm³/mol. The quantitative estimate of drug-likeness (QED) is 0.794. The second-order valence-electron chi connectivity index (χ2n) is 4.64. The summed E-state index contributed by atoms with van der Waals surface area (Å²) in [6.45, 7) is 2.01. The largest absolute Gasteiger partial charge is 0.324 e. The van der Waals surface area contributed by atoms with E-state index >= 15 is 0 Å². The van der Waals surface area contributed by atoms with Crippen molar-refractivity contribution in [3.63, 3.8) is 0 Å². The number of aryl methyl sites for hydroxylation is 1. The Labute approximate surface area is 116 Å². The van der Waals surface area contributed by atoms with Crippen molar-refractivity contribution in [3.05, 3.63) is 58.3 Å². The highest BCUT2D eigenvalue weighted by atomic mass is 32.1. The average molecular weight is 269 g/mol. The number of thiazole rings is 1. The topological polar surface area (TPSA) is 51.8 Å².